The van der Waals surface area contributed by atoms with Crippen LogP contribution in [0.25, 0.3) is 16.9 Å². The van der Waals surface area contributed by atoms with E-state index in [0.29, 0.717) is 11.8 Å². The predicted octanol–water partition coefficient (Wildman–Crippen LogP) is 4.50. The van der Waals surface area contributed by atoms with Crippen LogP contribution in [0.15, 0.2) is 36.4 Å². The van der Waals surface area contributed by atoms with E-state index in [4.69, 9.17) is 10.1 Å². The number of nitrogens with zero attached hydrogens (tertiary/aromatic N) is 4. The van der Waals surface area contributed by atoms with Gasteiger partial charge in [-0.1, -0.05) is 44.2 Å². The lowest BCUT2D eigenvalue weighted by atomic mass is 9.92. The van der Waals surface area contributed by atoms with Gasteiger partial charge < -0.3 is 4.90 Å². The van der Waals surface area contributed by atoms with Crippen LogP contribution in [0.4, 0.5) is 5.82 Å². The summed E-state index contributed by atoms with van der Waals surface area (Å²) in [5.74, 6) is 2.58. The topological polar surface area (TPSA) is 33.4 Å². The zero-order valence-corrected chi connectivity index (χ0v) is 15.5. The lowest BCUT2D eigenvalue weighted by Crippen LogP contribution is -2.39. The Morgan fingerprint density at radius 3 is 2.36 bits per heavy atom. The Morgan fingerprint density at radius 1 is 1.00 bits per heavy atom. The maximum Gasteiger partial charge on any atom is 0.161 e. The number of aromatic nitrogens is 3. The van der Waals surface area contributed by atoms with Gasteiger partial charge in [-0.2, -0.15) is 9.61 Å². The molecule has 3 aromatic rings. The molecule has 0 amide bonds. The molecule has 1 fully saturated rings. The molecule has 1 aromatic carbocycles. The smallest absolute Gasteiger partial charge is 0.161 e. The second-order valence-corrected chi connectivity index (χ2v) is 7.68. The number of aryl methyl sites for hydroxylation is 2. The maximum atomic E-state index is 4.96. The molecule has 4 nitrogen and oxygen atoms in total. The van der Waals surface area contributed by atoms with Gasteiger partial charge in [-0.3, -0.25) is 0 Å². The molecule has 2 atom stereocenters. The molecule has 2 aromatic heterocycles. The normalized spacial score (nSPS) is 21.0. The molecule has 0 unspecified atom stereocenters. The Bertz CT molecular complexity index is 887. The van der Waals surface area contributed by atoms with Crippen molar-refractivity contribution in [1.29, 1.82) is 0 Å². The van der Waals surface area contributed by atoms with Crippen molar-refractivity contribution in [1.82, 2.24) is 14.6 Å². The van der Waals surface area contributed by atoms with Crippen LogP contribution in [-0.4, -0.2) is 27.7 Å². The molecule has 0 N–H and O–H groups in total. The Labute approximate surface area is 149 Å². The van der Waals surface area contributed by atoms with Crippen molar-refractivity contribution in [3.05, 3.63) is 47.7 Å². The summed E-state index contributed by atoms with van der Waals surface area (Å²) in [4.78, 5) is 7.28. The molecular weight excluding hydrogens is 308 g/mol. The van der Waals surface area contributed by atoms with Crippen molar-refractivity contribution >= 4 is 11.5 Å². The second kappa shape index (κ2) is 6.17. The van der Waals surface area contributed by atoms with E-state index in [9.17, 15) is 0 Å². The van der Waals surface area contributed by atoms with Crippen molar-refractivity contribution in [2.45, 2.75) is 34.1 Å². The predicted molar refractivity (Wildman–Crippen MR) is 103 cm³/mol. The third-order valence-electron chi connectivity index (χ3n) is 5.17. The molecule has 130 valence electrons. The van der Waals surface area contributed by atoms with Crippen molar-refractivity contribution in [2.24, 2.45) is 11.8 Å². The minimum atomic E-state index is 0.706. The summed E-state index contributed by atoms with van der Waals surface area (Å²) >= 11 is 0. The summed E-state index contributed by atoms with van der Waals surface area (Å²) in [6.45, 7) is 11.1. The van der Waals surface area contributed by atoms with E-state index in [1.807, 2.05) is 6.07 Å². The van der Waals surface area contributed by atoms with E-state index >= 15 is 0 Å². The second-order valence-electron chi connectivity index (χ2n) is 7.68. The zero-order chi connectivity index (χ0) is 17.6. The van der Waals surface area contributed by atoms with Gasteiger partial charge in [-0.15, -0.1) is 0 Å². The number of rotatable bonds is 2. The molecule has 0 spiro atoms. The molecule has 1 aliphatic rings. The summed E-state index contributed by atoms with van der Waals surface area (Å²) in [6, 6.07) is 12.6. The van der Waals surface area contributed by atoms with Crippen LogP contribution < -0.4 is 4.90 Å². The van der Waals surface area contributed by atoms with Gasteiger partial charge in [-0.25, -0.2) is 4.98 Å². The highest BCUT2D eigenvalue weighted by atomic mass is 15.4. The lowest BCUT2D eigenvalue weighted by molar-refractivity contribution is 0.354. The molecule has 4 heteroatoms. The highest BCUT2D eigenvalue weighted by molar-refractivity contribution is 5.71. The Morgan fingerprint density at radius 2 is 1.68 bits per heavy atom. The number of piperidine rings is 1. The first-order chi connectivity index (χ1) is 12.0. The molecule has 0 aliphatic carbocycles. The third kappa shape index (κ3) is 2.90. The molecule has 4 rings (SSSR count). The van der Waals surface area contributed by atoms with Gasteiger partial charge in [0.25, 0.3) is 0 Å². The fraction of sp³-hybridized carbons (Fsp3) is 0.429. The zero-order valence-electron chi connectivity index (χ0n) is 15.5. The van der Waals surface area contributed by atoms with E-state index in [0.717, 1.165) is 41.3 Å². The number of hydrogen-bond acceptors (Lipinski definition) is 3. The maximum absolute atomic E-state index is 4.96. The van der Waals surface area contributed by atoms with E-state index in [1.54, 1.807) is 0 Å². The SMILES string of the molecule is Cc1cc(N2C[C@@H](C)C[C@H](C)C2)n2nc(-c3ccccc3)c(C)c2n1. The molecule has 25 heavy (non-hydrogen) atoms. The van der Waals surface area contributed by atoms with Crippen LogP contribution in [0.5, 0.6) is 0 Å². The Balaban J connectivity index is 1.88. The number of anilines is 1. The molecule has 0 radical (unpaired) electrons. The van der Waals surface area contributed by atoms with Gasteiger partial charge in [0.15, 0.2) is 5.65 Å². The summed E-state index contributed by atoms with van der Waals surface area (Å²) < 4.78 is 2.05. The van der Waals surface area contributed by atoms with Crippen molar-refractivity contribution < 1.29 is 0 Å². The molecule has 0 bridgehead atoms. The summed E-state index contributed by atoms with van der Waals surface area (Å²) in [5.41, 5.74) is 5.34. The van der Waals surface area contributed by atoms with Gasteiger partial charge >= 0.3 is 0 Å². The standard InChI is InChI=1S/C21H26N4/c1-14-10-15(2)13-24(12-14)19-11-16(3)22-21-17(4)20(23-25(19)21)18-8-6-5-7-9-18/h5-9,11,14-15H,10,12-13H2,1-4H3/t14-,15-/m0/s1. The van der Waals surface area contributed by atoms with Crippen LogP contribution in [0, 0.1) is 25.7 Å². The average Bonchev–Trinajstić information content (AvgIpc) is 2.91. The highest BCUT2D eigenvalue weighted by Crippen LogP contribution is 2.30. The number of benzene rings is 1. The lowest BCUT2D eigenvalue weighted by Gasteiger charge is -2.36. The average molecular weight is 334 g/mol. The fourth-order valence-electron chi connectivity index (χ4n) is 4.17. The van der Waals surface area contributed by atoms with Crippen LogP contribution in [0.3, 0.4) is 0 Å². The van der Waals surface area contributed by atoms with Crippen molar-refractivity contribution in [3.63, 3.8) is 0 Å². The molecule has 0 saturated carbocycles. The minimum absolute atomic E-state index is 0.706. The first-order valence-electron chi connectivity index (χ1n) is 9.20. The summed E-state index contributed by atoms with van der Waals surface area (Å²) in [5, 5.41) is 4.96. The molecule has 1 saturated heterocycles. The van der Waals surface area contributed by atoms with E-state index in [-0.39, 0.29) is 0 Å². The van der Waals surface area contributed by atoms with Crippen molar-refractivity contribution in [3.8, 4) is 11.3 Å². The molecule has 1 aliphatic heterocycles. The Hall–Kier alpha value is -2.36. The number of hydrogen-bond donors (Lipinski definition) is 0. The van der Waals surface area contributed by atoms with E-state index in [2.05, 4.69) is 67.4 Å². The van der Waals surface area contributed by atoms with E-state index in [1.165, 1.54) is 12.2 Å². The molecule has 3 heterocycles. The van der Waals surface area contributed by atoms with Crippen molar-refractivity contribution in [2.75, 3.05) is 18.0 Å². The van der Waals surface area contributed by atoms with Crippen LogP contribution in [-0.2, 0) is 0 Å². The van der Waals surface area contributed by atoms with Gasteiger partial charge in [-0.05, 0) is 32.1 Å². The van der Waals surface area contributed by atoms with Crippen LogP contribution in [0.1, 0.15) is 31.5 Å². The summed E-state index contributed by atoms with van der Waals surface area (Å²) in [6.07, 6.45) is 1.30. The Kier molecular flexibility index (Phi) is 3.98. The fourth-order valence-corrected chi connectivity index (χ4v) is 4.17. The highest BCUT2D eigenvalue weighted by Gasteiger charge is 2.25. The van der Waals surface area contributed by atoms with E-state index < -0.39 is 0 Å². The number of fused-ring (bicyclic) bond motifs is 1. The van der Waals surface area contributed by atoms with Gasteiger partial charge in [0.05, 0.1) is 5.69 Å². The first-order valence-corrected chi connectivity index (χ1v) is 9.20. The quantitative estimate of drug-likeness (QED) is 0.692. The van der Waals surface area contributed by atoms with Crippen LogP contribution in [0.2, 0.25) is 0 Å². The van der Waals surface area contributed by atoms with Gasteiger partial charge in [0, 0.05) is 36.0 Å². The minimum Gasteiger partial charge on any atom is -0.356 e. The third-order valence-corrected chi connectivity index (χ3v) is 5.17. The van der Waals surface area contributed by atoms with Crippen LogP contribution >= 0.6 is 0 Å². The van der Waals surface area contributed by atoms with Gasteiger partial charge in [0.2, 0.25) is 0 Å². The first kappa shape index (κ1) is 16.1. The monoisotopic (exact) mass is 334 g/mol. The largest absolute Gasteiger partial charge is 0.356 e. The van der Waals surface area contributed by atoms with Gasteiger partial charge in [0.1, 0.15) is 5.82 Å². The summed E-state index contributed by atoms with van der Waals surface area (Å²) in [7, 11) is 0. The molecular formula is C21H26N4.